The lowest BCUT2D eigenvalue weighted by Crippen LogP contribution is -2.58. The number of methoxy groups -OCH3 is 1. The first kappa shape index (κ1) is 21.8. The van der Waals surface area contributed by atoms with Crippen LogP contribution in [0.1, 0.15) is 46.1 Å². The van der Waals surface area contributed by atoms with Crippen LogP contribution in [0.5, 0.6) is 5.75 Å². The van der Waals surface area contributed by atoms with E-state index in [0.717, 1.165) is 29.9 Å². The number of likely N-dealkylation sites (tertiary alicyclic amines) is 1. The van der Waals surface area contributed by atoms with E-state index in [1.807, 2.05) is 52.0 Å². The van der Waals surface area contributed by atoms with Gasteiger partial charge in [-0.05, 0) is 55.0 Å². The molecule has 8 heteroatoms. The standard InChI is InChI=1S/C21H27N3O3S2/c1-13(14-6-8-15(27-5)9-7-14)22-23-19(28)29-12-24-17(25)16-10-11-21(4,18(24)26)20(16,2)3/h6-9,16H,10-12H2,1-5H3,(H,23,28)/t16-,21+/m1/s1. The van der Waals surface area contributed by atoms with Crippen molar-refractivity contribution in [2.75, 3.05) is 13.0 Å². The Bertz CT molecular complexity index is 866. The molecule has 2 bridgehead atoms. The Kier molecular flexibility index (Phi) is 6.06. The van der Waals surface area contributed by atoms with Crippen molar-refractivity contribution >= 4 is 45.8 Å². The first-order chi connectivity index (χ1) is 13.6. The summed E-state index contributed by atoms with van der Waals surface area (Å²) in [6, 6.07) is 7.56. The Morgan fingerprint density at radius 2 is 1.97 bits per heavy atom. The molecular formula is C21H27N3O3S2. The van der Waals surface area contributed by atoms with Gasteiger partial charge in [-0.15, -0.1) is 0 Å². The van der Waals surface area contributed by atoms with Crippen LogP contribution in [0.4, 0.5) is 0 Å². The molecule has 1 aromatic carbocycles. The lowest BCUT2D eigenvalue weighted by molar-refractivity contribution is -0.166. The van der Waals surface area contributed by atoms with Gasteiger partial charge in [0.1, 0.15) is 5.75 Å². The minimum Gasteiger partial charge on any atom is -0.497 e. The molecule has 1 saturated heterocycles. The van der Waals surface area contributed by atoms with Gasteiger partial charge < -0.3 is 4.74 Å². The Hall–Kier alpha value is -1.93. The summed E-state index contributed by atoms with van der Waals surface area (Å²) >= 11 is 6.57. The zero-order valence-corrected chi connectivity index (χ0v) is 19.1. The number of piperidine rings is 1. The second-order valence-electron chi connectivity index (χ2n) is 8.31. The maximum atomic E-state index is 13.0. The number of thiocarbonyl (C=S) groups is 1. The number of imide groups is 1. The van der Waals surface area contributed by atoms with E-state index >= 15 is 0 Å². The molecule has 1 aliphatic carbocycles. The average molecular weight is 434 g/mol. The van der Waals surface area contributed by atoms with Crippen LogP contribution in [-0.4, -0.2) is 39.7 Å². The molecule has 6 nitrogen and oxygen atoms in total. The van der Waals surface area contributed by atoms with Crippen molar-refractivity contribution in [2.45, 2.75) is 40.5 Å². The van der Waals surface area contributed by atoms with Gasteiger partial charge in [-0.25, -0.2) is 0 Å². The molecule has 1 saturated carbocycles. The number of thioether (sulfide) groups is 1. The summed E-state index contributed by atoms with van der Waals surface area (Å²) in [4.78, 5) is 27.3. The molecule has 156 valence electrons. The molecule has 2 amide bonds. The van der Waals surface area contributed by atoms with Gasteiger partial charge in [-0.3, -0.25) is 19.9 Å². The van der Waals surface area contributed by atoms with Gasteiger partial charge in [-0.1, -0.05) is 44.8 Å². The summed E-state index contributed by atoms with van der Waals surface area (Å²) in [6.07, 6.45) is 1.52. The third-order valence-corrected chi connectivity index (χ3v) is 7.84. The molecule has 0 unspecified atom stereocenters. The number of benzene rings is 1. The molecule has 2 fully saturated rings. The van der Waals surface area contributed by atoms with Gasteiger partial charge in [0.25, 0.3) is 0 Å². The van der Waals surface area contributed by atoms with Crippen LogP contribution in [0.3, 0.4) is 0 Å². The van der Waals surface area contributed by atoms with Gasteiger partial charge in [0.05, 0.1) is 24.1 Å². The van der Waals surface area contributed by atoms with E-state index in [4.69, 9.17) is 17.0 Å². The molecule has 1 aromatic rings. The van der Waals surface area contributed by atoms with Crippen molar-refractivity contribution in [1.82, 2.24) is 10.3 Å². The van der Waals surface area contributed by atoms with Gasteiger partial charge in [0, 0.05) is 5.92 Å². The lowest BCUT2D eigenvalue weighted by Gasteiger charge is -2.47. The molecule has 0 aromatic heterocycles. The third-order valence-electron chi connectivity index (χ3n) is 6.66. The third kappa shape index (κ3) is 3.80. The normalized spacial score (nSPS) is 25.9. The molecule has 1 heterocycles. The molecule has 3 rings (SSSR count). The fourth-order valence-corrected chi connectivity index (χ4v) is 5.01. The highest BCUT2D eigenvalue weighted by atomic mass is 32.2. The number of carbonyl (C=O) groups is 2. The molecule has 1 aliphatic heterocycles. The van der Waals surface area contributed by atoms with E-state index in [-0.39, 0.29) is 29.0 Å². The summed E-state index contributed by atoms with van der Waals surface area (Å²) < 4.78 is 5.57. The van der Waals surface area contributed by atoms with Crippen LogP contribution in [-0.2, 0) is 9.59 Å². The van der Waals surface area contributed by atoms with Gasteiger partial charge in [0.15, 0.2) is 4.32 Å². The topological polar surface area (TPSA) is 71.0 Å². The number of fused-ring (bicyclic) bond motifs is 2. The monoisotopic (exact) mass is 433 g/mol. The Morgan fingerprint density at radius 3 is 2.59 bits per heavy atom. The number of hydrogen-bond acceptors (Lipinski definition) is 6. The van der Waals surface area contributed by atoms with E-state index in [1.165, 1.54) is 16.7 Å². The number of nitrogens with zero attached hydrogens (tertiary/aromatic N) is 2. The fraction of sp³-hybridized carbons (Fsp3) is 0.524. The second kappa shape index (κ2) is 8.07. The van der Waals surface area contributed by atoms with Crippen molar-refractivity contribution in [3.8, 4) is 5.75 Å². The average Bonchev–Trinajstić information content (AvgIpc) is 2.89. The Balaban J connectivity index is 1.59. The van der Waals surface area contributed by atoms with Crippen molar-refractivity contribution in [3.05, 3.63) is 29.8 Å². The number of amides is 2. The molecule has 1 N–H and O–H groups in total. The van der Waals surface area contributed by atoms with E-state index in [2.05, 4.69) is 10.5 Å². The van der Waals surface area contributed by atoms with Crippen LogP contribution >= 0.6 is 24.0 Å². The lowest BCUT2D eigenvalue weighted by atomic mass is 9.62. The number of hydrogen-bond donors (Lipinski definition) is 1. The minimum absolute atomic E-state index is 0.0804. The summed E-state index contributed by atoms with van der Waals surface area (Å²) in [5.74, 6) is 0.714. The summed E-state index contributed by atoms with van der Waals surface area (Å²) in [5, 5.41) is 4.31. The number of nitrogens with one attached hydrogen (secondary N) is 1. The predicted molar refractivity (Wildman–Crippen MR) is 120 cm³/mol. The predicted octanol–water partition coefficient (Wildman–Crippen LogP) is 3.80. The molecule has 0 radical (unpaired) electrons. The van der Waals surface area contributed by atoms with Crippen molar-refractivity contribution < 1.29 is 14.3 Å². The Morgan fingerprint density at radius 1 is 1.31 bits per heavy atom. The first-order valence-electron chi connectivity index (χ1n) is 9.59. The van der Waals surface area contributed by atoms with Crippen LogP contribution in [0, 0.1) is 16.7 Å². The highest BCUT2D eigenvalue weighted by Crippen LogP contribution is 2.60. The summed E-state index contributed by atoms with van der Waals surface area (Å²) in [7, 11) is 1.62. The maximum Gasteiger partial charge on any atom is 0.236 e. The number of carbonyl (C=O) groups excluding carboxylic acids is 2. The zero-order valence-electron chi connectivity index (χ0n) is 17.4. The van der Waals surface area contributed by atoms with Crippen LogP contribution in [0.15, 0.2) is 29.4 Å². The smallest absolute Gasteiger partial charge is 0.236 e. The molecule has 0 spiro atoms. The largest absolute Gasteiger partial charge is 0.497 e. The highest BCUT2D eigenvalue weighted by molar-refractivity contribution is 8.22. The van der Waals surface area contributed by atoms with Crippen LogP contribution in [0.2, 0.25) is 0 Å². The van der Waals surface area contributed by atoms with Gasteiger partial charge >= 0.3 is 0 Å². The summed E-state index contributed by atoms with van der Waals surface area (Å²) in [5.41, 5.74) is 3.76. The number of hydrazone groups is 1. The highest BCUT2D eigenvalue weighted by Gasteiger charge is 2.64. The van der Waals surface area contributed by atoms with Gasteiger partial charge in [0.2, 0.25) is 11.8 Å². The molecular weight excluding hydrogens is 406 g/mol. The van der Waals surface area contributed by atoms with Crippen LogP contribution < -0.4 is 10.2 Å². The van der Waals surface area contributed by atoms with E-state index in [1.54, 1.807) is 7.11 Å². The number of ether oxygens (including phenoxy) is 1. The quantitative estimate of drug-likeness (QED) is 0.330. The van der Waals surface area contributed by atoms with E-state index in [0.29, 0.717) is 4.32 Å². The molecule has 2 atom stereocenters. The van der Waals surface area contributed by atoms with Crippen LogP contribution in [0.25, 0.3) is 0 Å². The number of rotatable bonds is 5. The zero-order chi connectivity index (χ0) is 21.4. The fourth-order valence-electron chi connectivity index (χ4n) is 4.21. The SMILES string of the molecule is COc1ccc(C(C)=NNC(=S)SCN2C(=O)[C@H]3CC[C@@](C)(C2=O)C3(C)C)cc1. The Labute approximate surface area is 181 Å². The first-order valence-corrected chi connectivity index (χ1v) is 11.0. The summed E-state index contributed by atoms with van der Waals surface area (Å²) in [6.45, 7) is 7.93. The van der Waals surface area contributed by atoms with Crippen molar-refractivity contribution in [2.24, 2.45) is 21.8 Å². The van der Waals surface area contributed by atoms with Gasteiger partial charge in [-0.2, -0.15) is 5.10 Å². The van der Waals surface area contributed by atoms with E-state index < -0.39 is 5.41 Å². The molecule has 29 heavy (non-hydrogen) atoms. The van der Waals surface area contributed by atoms with Crippen molar-refractivity contribution in [3.63, 3.8) is 0 Å². The minimum atomic E-state index is -0.496. The van der Waals surface area contributed by atoms with E-state index in [9.17, 15) is 9.59 Å². The maximum absolute atomic E-state index is 13.0. The second-order valence-corrected chi connectivity index (χ2v) is 9.94. The van der Waals surface area contributed by atoms with Crippen molar-refractivity contribution in [1.29, 1.82) is 0 Å². The molecule has 2 aliphatic rings.